The lowest BCUT2D eigenvalue weighted by atomic mass is 9.91. The number of likely N-dealkylation sites (tertiary alicyclic amines) is 1. The molecule has 1 spiro atoms. The first-order valence-electron chi connectivity index (χ1n) is 10.8. The maximum absolute atomic E-state index is 15.5. The van der Waals surface area contributed by atoms with Crippen molar-refractivity contribution in [3.05, 3.63) is 59.9 Å². The minimum Gasteiger partial charge on any atom is -0.381 e. The van der Waals surface area contributed by atoms with E-state index < -0.39 is 57.8 Å². The number of nitrogens with one attached hydrogen (secondary N) is 1. The summed E-state index contributed by atoms with van der Waals surface area (Å²) in [6, 6.07) is 11.1. The second-order valence-corrected chi connectivity index (χ2v) is 10.5. The molecule has 0 aromatic heterocycles. The van der Waals surface area contributed by atoms with Crippen molar-refractivity contribution in [3.8, 4) is 11.1 Å². The van der Waals surface area contributed by atoms with Crippen molar-refractivity contribution in [1.82, 2.24) is 9.62 Å². The first-order chi connectivity index (χ1) is 16.1. The first-order valence-corrected chi connectivity index (χ1v) is 12.3. The quantitative estimate of drug-likeness (QED) is 0.546. The molecule has 184 valence electrons. The molecule has 11 heteroatoms. The second kappa shape index (κ2) is 9.27. The summed E-state index contributed by atoms with van der Waals surface area (Å²) in [5.41, 5.74) is 0.190. The Morgan fingerprint density at radius 3 is 2.41 bits per heavy atom. The number of aliphatic hydroxyl groups is 1. The van der Waals surface area contributed by atoms with Gasteiger partial charge in [0.1, 0.15) is 12.5 Å². The Kier molecular flexibility index (Phi) is 6.71. The topological polar surface area (TPSA) is 86.7 Å². The van der Waals surface area contributed by atoms with Gasteiger partial charge >= 0.3 is 5.76 Å². The van der Waals surface area contributed by atoms with E-state index in [2.05, 4.69) is 0 Å². The fraction of sp³-hybridized carbons (Fsp3) is 0.435. The van der Waals surface area contributed by atoms with Crippen LogP contribution in [0.15, 0.2) is 48.5 Å². The lowest BCUT2D eigenvalue weighted by Gasteiger charge is -2.30. The summed E-state index contributed by atoms with van der Waals surface area (Å²) in [7, 11) is -5.03. The Morgan fingerprint density at radius 2 is 1.82 bits per heavy atom. The van der Waals surface area contributed by atoms with Crippen LogP contribution in [0.5, 0.6) is 0 Å². The molecule has 34 heavy (non-hydrogen) atoms. The number of sulfonamides is 1. The second-order valence-electron chi connectivity index (χ2n) is 8.82. The van der Waals surface area contributed by atoms with Gasteiger partial charge in [-0.25, -0.2) is 21.9 Å². The predicted octanol–water partition coefficient (Wildman–Crippen LogP) is 2.87. The summed E-state index contributed by atoms with van der Waals surface area (Å²) in [6.45, 7) is -1.41. The van der Waals surface area contributed by atoms with E-state index in [9.17, 15) is 31.5 Å². The molecule has 6 nitrogen and oxygen atoms in total. The highest BCUT2D eigenvalue weighted by Crippen LogP contribution is 2.55. The number of nitrogens with zero attached hydrogens (tertiary/aromatic N) is 1. The van der Waals surface area contributed by atoms with Gasteiger partial charge in [-0.2, -0.15) is 8.78 Å². The fourth-order valence-corrected chi connectivity index (χ4v) is 5.60. The lowest BCUT2D eigenvalue weighted by molar-refractivity contribution is -0.142. The van der Waals surface area contributed by atoms with Crippen molar-refractivity contribution >= 4 is 15.9 Å². The number of alkyl halides is 3. The van der Waals surface area contributed by atoms with Gasteiger partial charge < -0.3 is 10.0 Å². The summed E-state index contributed by atoms with van der Waals surface area (Å²) < 4.78 is 80.9. The van der Waals surface area contributed by atoms with Crippen LogP contribution in [-0.4, -0.2) is 61.5 Å². The highest BCUT2D eigenvalue weighted by molar-refractivity contribution is 7.89. The van der Waals surface area contributed by atoms with E-state index >= 15 is 4.39 Å². The van der Waals surface area contributed by atoms with Crippen molar-refractivity contribution in [2.75, 3.05) is 13.2 Å². The smallest absolute Gasteiger partial charge is 0.350 e. The number of hydrogen-bond donors (Lipinski definition) is 2. The average molecular weight is 501 g/mol. The number of amides is 1. The monoisotopic (exact) mass is 500 g/mol. The number of hydrogen-bond acceptors (Lipinski definition) is 4. The number of rotatable bonds is 8. The summed E-state index contributed by atoms with van der Waals surface area (Å²) in [6.07, 6.45) is -1.30. The third-order valence-corrected chi connectivity index (χ3v) is 7.71. The predicted molar refractivity (Wildman–Crippen MR) is 117 cm³/mol. The lowest BCUT2D eigenvalue weighted by Crippen LogP contribution is -2.52. The van der Waals surface area contributed by atoms with E-state index in [-0.39, 0.29) is 24.1 Å². The van der Waals surface area contributed by atoms with Gasteiger partial charge in [0.25, 0.3) is 15.9 Å². The Hall–Kier alpha value is -2.50. The molecule has 1 aliphatic heterocycles. The number of carbonyl (C=O) groups excluding carboxylic acids is 1. The fourth-order valence-electron chi connectivity index (χ4n) is 4.73. The van der Waals surface area contributed by atoms with Gasteiger partial charge in [-0.15, -0.1) is 0 Å². The first kappa shape index (κ1) is 24.6. The molecule has 2 aromatic rings. The van der Waals surface area contributed by atoms with Gasteiger partial charge in [0.15, 0.2) is 6.10 Å². The molecule has 2 N–H and O–H groups in total. The molecule has 1 amide bonds. The maximum atomic E-state index is 15.5. The van der Waals surface area contributed by atoms with Gasteiger partial charge in [0.05, 0.1) is 6.04 Å². The van der Waals surface area contributed by atoms with Crippen molar-refractivity contribution in [1.29, 1.82) is 0 Å². The molecule has 1 saturated carbocycles. The van der Waals surface area contributed by atoms with Gasteiger partial charge in [-0.1, -0.05) is 48.5 Å². The van der Waals surface area contributed by atoms with E-state index in [4.69, 9.17) is 0 Å². The molecular weight excluding hydrogens is 476 g/mol. The number of carbonyl (C=O) groups is 1. The molecule has 2 aliphatic rings. The zero-order valence-corrected chi connectivity index (χ0v) is 18.8. The number of benzene rings is 2. The van der Waals surface area contributed by atoms with Crippen LogP contribution >= 0.6 is 0 Å². The van der Waals surface area contributed by atoms with Gasteiger partial charge in [-0.05, 0) is 30.4 Å². The normalized spacial score (nSPS) is 22.4. The van der Waals surface area contributed by atoms with Gasteiger partial charge in [0.2, 0.25) is 0 Å². The standard InChI is InChI=1S/C23H24F4N2O4S/c24-12-18(30)21(31)29-13-23(9-10-23)20(28-34(32,33)22(26)27)17(29)11-15-7-4-8-16(19(15)25)14-5-2-1-3-6-14/h1-8,17-18,20,22,28,30H,9-13H2/t17-,18+,20+/m0/s1. The minimum atomic E-state index is -5.03. The molecule has 1 heterocycles. The van der Waals surface area contributed by atoms with E-state index in [0.29, 0.717) is 18.4 Å². The highest BCUT2D eigenvalue weighted by Gasteiger charge is 2.62. The van der Waals surface area contributed by atoms with Crippen LogP contribution in [0.1, 0.15) is 18.4 Å². The molecule has 0 bridgehead atoms. The van der Waals surface area contributed by atoms with Crippen LogP contribution in [-0.2, 0) is 21.2 Å². The summed E-state index contributed by atoms with van der Waals surface area (Å²) in [5.74, 6) is -5.28. The molecule has 2 fully saturated rings. The molecular formula is C23H24F4N2O4S. The van der Waals surface area contributed by atoms with Crippen LogP contribution in [0.2, 0.25) is 0 Å². The van der Waals surface area contributed by atoms with Crippen LogP contribution < -0.4 is 4.72 Å². The average Bonchev–Trinajstić information content (AvgIpc) is 3.55. The van der Waals surface area contributed by atoms with E-state index in [1.807, 2.05) is 4.72 Å². The zero-order valence-electron chi connectivity index (χ0n) is 18.0. The molecule has 1 aliphatic carbocycles. The molecule has 2 aromatic carbocycles. The van der Waals surface area contributed by atoms with E-state index in [1.165, 1.54) is 6.07 Å². The summed E-state index contributed by atoms with van der Waals surface area (Å²) >= 11 is 0. The Balaban J connectivity index is 1.73. The van der Waals surface area contributed by atoms with Crippen LogP contribution in [0.25, 0.3) is 11.1 Å². The van der Waals surface area contributed by atoms with E-state index in [0.717, 1.165) is 4.90 Å². The third-order valence-electron chi connectivity index (χ3n) is 6.65. The maximum Gasteiger partial charge on any atom is 0.350 e. The highest BCUT2D eigenvalue weighted by atomic mass is 32.2. The van der Waals surface area contributed by atoms with Gasteiger partial charge in [0, 0.05) is 23.6 Å². The van der Waals surface area contributed by atoms with Gasteiger partial charge in [-0.3, -0.25) is 4.79 Å². The Labute approximate surface area is 194 Å². The largest absolute Gasteiger partial charge is 0.381 e. The van der Waals surface area contributed by atoms with E-state index in [1.54, 1.807) is 42.5 Å². The summed E-state index contributed by atoms with van der Waals surface area (Å²) in [5, 5.41) is 9.82. The Morgan fingerprint density at radius 1 is 1.15 bits per heavy atom. The summed E-state index contributed by atoms with van der Waals surface area (Å²) in [4.78, 5) is 13.8. The van der Waals surface area contributed by atoms with Crippen molar-refractivity contribution in [3.63, 3.8) is 0 Å². The third kappa shape index (κ3) is 4.56. The molecule has 0 unspecified atom stereocenters. The molecule has 1 saturated heterocycles. The zero-order chi connectivity index (χ0) is 24.7. The van der Waals surface area contributed by atoms with Crippen molar-refractivity contribution in [2.24, 2.45) is 5.41 Å². The van der Waals surface area contributed by atoms with Crippen LogP contribution in [0, 0.1) is 11.2 Å². The molecule has 0 radical (unpaired) electrons. The molecule has 4 rings (SSSR count). The van der Waals surface area contributed by atoms with Crippen LogP contribution in [0.3, 0.4) is 0 Å². The number of aliphatic hydroxyl groups excluding tert-OH is 1. The number of halogens is 4. The molecule has 3 atom stereocenters. The SMILES string of the molecule is O=C([C@H](O)CF)N1CC2(CC2)[C@H](NS(=O)(=O)C(F)F)[C@@H]1Cc1cccc(-c2ccccc2)c1F. The Bertz CT molecular complexity index is 1160. The van der Waals surface area contributed by atoms with Crippen LogP contribution in [0.4, 0.5) is 17.6 Å². The minimum absolute atomic E-state index is 0.0516. The van der Waals surface area contributed by atoms with Crippen molar-refractivity contribution < 1.29 is 35.9 Å². The van der Waals surface area contributed by atoms with Crippen molar-refractivity contribution in [2.45, 2.75) is 43.2 Å².